The lowest BCUT2D eigenvalue weighted by Gasteiger charge is -2.35. The average Bonchev–Trinajstić information content (AvgIpc) is 2.68. The fourth-order valence-electron chi connectivity index (χ4n) is 2.99. The maximum Gasteiger partial charge on any atom is 0.219 e. The van der Waals surface area contributed by atoms with Crippen LogP contribution in [-0.2, 0) is 4.79 Å². The van der Waals surface area contributed by atoms with Crippen LogP contribution in [0.4, 0.5) is 11.6 Å². The molecule has 1 unspecified atom stereocenters. The third-order valence-corrected chi connectivity index (χ3v) is 4.80. The van der Waals surface area contributed by atoms with Crippen molar-refractivity contribution in [3.8, 4) is 11.4 Å². The molecule has 2 heterocycles. The van der Waals surface area contributed by atoms with Crippen molar-refractivity contribution in [2.45, 2.75) is 33.2 Å². The Morgan fingerprint density at radius 1 is 1.15 bits per heavy atom. The summed E-state index contributed by atoms with van der Waals surface area (Å²) in [6, 6.07) is 12.4. The molecule has 6 heteroatoms. The number of carbonyl (C=O) groups is 1. The second-order valence-electron chi connectivity index (χ2n) is 6.75. The molecular weight excluding hydrogens is 326 g/mol. The summed E-state index contributed by atoms with van der Waals surface area (Å²) < 4.78 is 0. The van der Waals surface area contributed by atoms with E-state index < -0.39 is 0 Å². The summed E-state index contributed by atoms with van der Waals surface area (Å²) >= 11 is 0. The van der Waals surface area contributed by atoms with Gasteiger partial charge in [-0.25, -0.2) is 9.97 Å². The standard InChI is InChI=1S/C20H27N5O/c1-4-15(2)21-18-14-19(25-12-10-24(11-13-25)16(3)26)23-20(22-18)17-8-6-5-7-9-17/h5-9,14-15H,4,10-13H2,1-3H3,(H,21,22,23). The third-order valence-electron chi connectivity index (χ3n) is 4.80. The van der Waals surface area contributed by atoms with Crippen molar-refractivity contribution in [3.05, 3.63) is 36.4 Å². The van der Waals surface area contributed by atoms with E-state index in [1.54, 1.807) is 6.92 Å². The average molecular weight is 353 g/mol. The molecule has 1 aliphatic rings. The van der Waals surface area contributed by atoms with Crippen LogP contribution in [0.2, 0.25) is 0 Å². The van der Waals surface area contributed by atoms with Crippen molar-refractivity contribution >= 4 is 17.5 Å². The second kappa shape index (κ2) is 8.17. The van der Waals surface area contributed by atoms with Crippen LogP contribution in [0.15, 0.2) is 36.4 Å². The largest absolute Gasteiger partial charge is 0.367 e. The molecule has 1 aromatic heterocycles. The fourth-order valence-corrected chi connectivity index (χ4v) is 2.99. The fraction of sp³-hybridized carbons (Fsp3) is 0.450. The normalized spacial score (nSPS) is 15.7. The Morgan fingerprint density at radius 3 is 2.46 bits per heavy atom. The smallest absolute Gasteiger partial charge is 0.219 e. The monoisotopic (exact) mass is 353 g/mol. The highest BCUT2D eigenvalue weighted by Crippen LogP contribution is 2.24. The maximum absolute atomic E-state index is 11.6. The lowest BCUT2D eigenvalue weighted by Crippen LogP contribution is -2.48. The quantitative estimate of drug-likeness (QED) is 0.895. The maximum atomic E-state index is 11.6. The number of carbonyl (C=O) groups excluding carboxylic acids is 1. The van der Waals surface area contributed by atoms with Gasteiger partial charge < -0.3 is 15.1 Å². The molecular formula is C20H27N5O. The van der Waals surface area contributed by atoms with E-state index in [0.717, 1.165) is 55.6 Å². The summed E-state index contributed by atoms with van der Waals surface area (Å²) in [5.74, 6) is 2.62. The molecule has 3 rings (SSSR count). The molecule has 6 nitrogen and oxygen atoms in total. The van der Waals surface area contributed by atoms with Crippen LogP contribution in [0.1, 0.15) is 27.2 Å². The van der Waals surface area contributed by atoms with E-state index in [2.05, 4.69) is 24.1 Å². The lowest BCUT2D eigenvalue weighted by atomic mass is 10.2. The van der Waals surface area contributed by atoms with Crippen LogP contribution in [0.5, 0.6) is 0 Å². The molecule has 0 aliphatic carbocycles. The first-order chi connectivity index (χ1) is 12.6. The Morgan fingerprint density at radius 2 is 1.85 bits per heavy atom. The molecule has 1 atom stereocenters. The molecule has 0 radical (unpaired) electrons. The predicted molar refractivity (Wildman–Crippen MR) is 105 cm³/mol. The highest BCUT2D eigenvalue weighted by molar-refractivity contribution is 5.73. The van der Waals surface area contributed by atoms with Crippen molar-refractivity contribution in [2.75, 3.05) is 36.4 Å². The van der Waals surface area contributed by atoms with Crippen LogP contribution in [0.3, 0.4) is 0 Å². The molecule has 0 saturated carbocycles. The molecule has 1 aliphatic heterocycles. The second-order valence-corrected chi connectivity index (χ2v) is 6.75. The van der Waals surface area contributed by atoms with Gasteiger partial charge in [-0.3, -0.25) is 4.79 Å². The first kappa shape index (κ1) is 18.2. The highest BCUT2D eigenvalue weighted by atomic mass is 16.2. The van der Waals surface area contributed by atoms with Gasteiger partial charge in [0.1, 0.15) is 11.6 Å². The molecule has 0 bridgehead atoms. The molecule has 0 spiro atoms. The van der Waals surface area contributed by atoms with Gasteiger partial charge in [0.2, 0.25) is 5.91 Å². The Balaban J connectivity index is 1.89. The number of aromatic nitrogens is 2. The van der Waals surface area contributed by atoms with E-state index in [4.69, 9.17) is 9.97 Å². The van der Waals surface area contributed by atoms with Crippen molar-refractivity contribution in [2.24, 2.45) is 0 Å². The van der Waals surface area contributed by atoms with Crippen LogP contribution in [0, 0.1) is 0 Å². The van der Waals surface area contributed by atoms with E-state index in [-0.39, 0.29) is 5.91 Å². The van der Waals surface area contributed by atoms with Gasteiger partial charge in [0.15, 0.2) is 5.82 Å². The number of benzene rings is 1. The zero-order valence-electron chi connectivity index (χ0n) is 15.8. The molecule has 1 aromatic carbocycles. The van der Waals surface area contributed by atoms with Crippen molar-refractivity contribution in [3.63, 3.8) is 0 Å². The summed E-state index contributed by atoms with van der Waals surface area (Å²) in [6.45, 7) is 8.96. The van der Waals surface area contributed by atoms with Gasteiger partial charge in [-0.1, -0.05) is 37.3 Å². The SMILES string of the molecule is CCC(C)Nc1cc(N2CCN(C(C)=O)CC2)nc(-c2ccccc2)n1. The number of amides is 1. The molecule has 1 saturated heterocycles. The van der Waals surface area contributed by atoms with E-state index in [1.165, 1.54) is 0 Å². The Labute approximate surface area is 155 Å². The van der Waals surface area contributed by atoms with Gasteiger partial charge in [0.25, 0.3) is 0 Å². The minimum Gasteiger partial charge on any atom is -0.367 e. The lowest BCUT2D eigenvalue weighted by molar-refractivity contribution is -0.129. The molecule has 2 aromatic rings. The van der Waals surface area contributed by atoms with Crippen LogP contribution in [-0.4, -0.2) is 53.0 Å². The van der Waals surface area contributed by atoms with Gasteiger partial charge in [-0.2, -0.15) is 0 Å². The summed E-state index contributed by atoms with van der Waals surface area (Å²) in [7, 11) is 0. The topological polar surface area (TPSA) is 61.4 Å². The van der Waals surface area contributed by atoms with Crippen LogP contribution >= 0.6 is 0 Å². The summed E-state index contributed by atoms with van der Waals surface area (Å²) in [5, 5.41) is 3.47. The number of anilines is 2. The Hall–Kier alpha value is -2.63. The zero-order valence-corrected chi connectivity index (χ0v) is 15.8. The van der Waals surface area contributed by atoms with Crippen molar-refractivity contribution in [1.29, 1.82) is 0 Å². The molecule has 1 amide bonds. The predicted octanol–water partition coefficient (Wildman–Crippen LogP) is 3.02. The number of piperazine rings is 1. The van der Waals surface area contributed by atoms with Gasteiger partial charge in [0, 0.05) is 50.8 Å². The minimum atomic E-state index is 0.136. The summed E-state index contributed by atoms with van der Waals surface area (Å²) in [6.07, 6.45) is 1.03. The van der Waals surface area contributed by atoms with Crippen molar-refractivity contribution in [1.82, 2.24) is 14.9 Å². The highest BCUT2D eigenvalue weighted by Gasteiger charge is 2.21. The van der Waals surface area contributed by atoms with Gasteiger partial charge in [-0.05, 0) is 13.3 Å². The van der Waals surface area contributed by atoms with E-state index >= 15 is 0 Å². The molecule has 1 N–H and O–H groups in total. The van der Waals surface area contributed by atoms with Crippen molar-refractivity contribution < 1.29 is 4.79 Å². The number of nitrogens with zero attached hydrogens (tertiary/aromatic N) is 4. The van der Waals surface area contributed by atoms with Gasteiger partial charge in [-0.15, -0.1) is 0 Å². The van der Waals surface area contributed by atoms with Gasteiger partial charge >= 0.3 is 0 Å². The van der Waals surface area contributed by atoms with Crippen LogP contribution in [0.25, 0.3) is 11.4 Å². The number of nitrogens with one attached hydrogen (secondary N) is 1. The Bertz CT molecular complexity index is 741. The minimum absolute atomic E-state index is 0.136. The third kappa shape index (κ3) is 4.31. The molecule has 138 valence electrons. The first-order valence-electron chi connectivity index (χ1n) is 9.28. The molecule has 1 fully saturated rings. The summed E-state index contributed by atoms with van der Waals surface area (Å²) in [5.41, 5.74) is 1.00. The van der Waals surface area contributed by atoms with E-state index in [0.29, 0.717) is 6.04 Å². The first-order valence-corrected chi connectivity index (χ1v) is 9.28. The van der Waals surface area contributed by atoms with E-state index in [1.807, 2.05) is 41.3 Å². The molecule has 26 heavy (non-hydrogen) atoms. The van der Waals surface area contributed by atoms with Crippen LogP contribution < -0.4 is 10.2 Å². The summed E-state index contributed by atoms with van der Waals surface area (Å²) in [4.78, 5) is 25.2. The van der Waals surface area contributed by atoms with E-state index in [9.17, 15) is 4.79 Å². The zero-order chi connectivity index (χ0) is 18.5. The Kier molecular flexibility index (Phi) is 5.71. The number of rotatable bonds is 5. The number of hydrogen-bond donors (Lipinski definition) is 1. The van der Waals surface area contributed by atoms with Gasteiger partial charge in [0.05, 0.1) is 0 Å². The number of hydrogen-bond acceptors (Lipinski definition) is 5.